The standard InChI is InChI=1S/C16H12N3S.C13H24O2.Ir/c1-10-7-11(2)9-12(8-10)15-16-13(3-5-17-15)19-14(18-16)4-6-20-19;1-5-10(6-2)12(14)9-13(15)11(7-3)8-4;/h3-8H,1-2H3;9-11,14H,5-8H2,1-4H3;/q-1;;/b;12-9-;. The number of carbonyl (C=O) groups excluding carboxylic acids is 1. The Hall–Kier alpha value is -2.34. The van der Waals surface area contributed by atoms with Crippen LogP contribution in [-0.4, -0.2) is 24.6 Å². The van der Waals surface area contributed by atoms with E-state index in [2.05, 4.69) is 40.8 Å². The fourth-order valence-corrected chi connectivity index (χ4v) is 5.14. The minimum Gasteiger partial charge on any atom is -0.512 e. The van der Waals surface area contributed by atoms with Crippen LogP contribution in [0, 0.1) is 31.7 Å². The van der Waals surface area contributed by atoms with Crippen LogP contribution in [0.4, 0.5) is 0 Å². The van der Waals surface area contributed by atoms with Crippen LogP contribution in [0.25, 0.3) is 27.9 Å². The fraction of sp³-hybridized carbons (Fsp3) is 0.414. The van der Waals surface area contributed by atoms with Gasteiger partial charge in [-0.15, -0.1) is 34.9 Å². The monoisotopic (exact) mass is 683 g/mol. The van der Waals surface area contributed by atoms with Crippen molar-refractivity contribution >= 4 is 34.0 Å². The summed E-state index contributed by atoms with van der Waals surface area (Å²) in [6, 6.07) is 11.7. The molecule has 36 heavy (non-hydrogen) atoms. The molecule has 7 heteroatoms. The second-order valence-corrected chi connectivity index (χ2v) is 9.80. The molecule has 0 aliphatic carbocycles. The number of aliphatic hydroxyl groups is 1. The summed E-state index contributed by atoms with van der Waals surface area (Å²) in [5.74, 6) is 0.547. The molecule has 4 aromatic rings. The number of aryl methyl sites for hydroxylation is 2. The molecule has 5 nitrogen and oxygen atoms in total. The summed E-state index contributed by atoms with van der Waals surface area (Å²) in [6.07, 6.45) is 6.75. The normalized spacial score (nSPS) is 11.6. The Balaban J connectivity index is 0.000000260. The number of rotatable bonds is 8. The Bertz CT molecular complexity index is 1300. The summed E-state index contributed by atoms with van der Waals surface area (Å²) >= 11 is 1.65. The zero-order valence-electron chi connectivity index (χ0n) is 22.0. The SMILES string of the molecule is CCC(CC)C(=O)/C=C(\O)C(CC)CC.Cc1[c-]c(-c2nccc3c2nc2ccsn23)cc(C)c1.[Ir]. The number of aromatic nitrogens is 3. The molecule has 0 aliphatic heterocycles. The molecule has 0 fully saturated rings. The second-order valence-electron chi connectivity index (χ2n) is 8.95. The number of allylic oxidation sites excluding steroid dienone is 2. The Kier molecular flexibility index (Phi) is 11.5. The van der Waals surface area contributed by atoms with Gasteiger partial charge >= 0.3 is 0 Å². The van der Waals surface area contributed by atoms with E-state index in [1.54, 1.807) is 11.5 Å². The number of carbonyl (C=O) groups is 1. The largest absolute Gasteiger partial charge is 0.512 e. The number of aliphatic hydroxyl groups excluding tert-OH is 1. The number of ketones is 1. The molecule has 0 unspecified atom stereocenters. The molecule has 1 N–H and O–H groups in total. The number of imidazole rings is 1. The van der Waals surface area contributed by atoms with E-state index in [0.29, 0.717) is 0 Å². The summed E-state index contributed by atoms with van der Waals surface area (Å²) in [4.78, 5) is 20.9. The van der Waals surface area contributed by atoms with Crippen molar-refractivity contribution in [2.24, 2.45) is 11.8 Å². The van der Waals surface area contributed by atoms with E-state index in [1.807, 2.05) is 51.4 Å². The van der Waals surface area contributed by atoms with Crippen molar-refractivity contribution in [3.05, 3.63) is 64.9 Å². The molecule has 0 saturated carbocycles. The fourth-order valence-electron chi connectivity index (χ4n) is 4.37. The van der Waals surface area contributed by atoms with Crippen LogP contribution in [0.15, 0.2) is 47.7 Å². The summed E-state index contributed by atoms with van der Waals surface area (Å²) in [7, 11) is 0. The Morgan fingerprint density at radius 1 is 1.08 bits per heavy atom. The molecular weight excluding hydrogens is 647 g/mol. The van der Waals surface area contributed by atoms with Gasteiger partial charge in [0.05, 0.1) is 16.8 Å². The molecule has 3 heterocycles. The molecule has 0 saturated heterocycles. The van der Waals surface area contributed by atoms with Gasteiger partial charge in [0.15, 0.2) is 5.78 Å². The van der Waals surface area contributed by atoms with Gasteiger partial charge in [0.25, 0.3) is 0 Å². The molecule has 0 spiro atoms. The first kappa shape index (κ1) is 29.9. The van der Waals surface area contributed by atoms with E-state index in [0.717, 1.165) is 59.2 Å². The van der Waals surface area contributed by atoms with Crippen LogP contribution < -0.4 is 0 Å². The molecular formula is C29H36IrN3O2S-. The summed E-state index contributed by atoms with van der Waals surface area (Å²) in [5, 5.41) is 11.8. The van der Waals surface area contributed by atoms with Crippen molar-refractivity contribution < 1.29 is 30.0 Å². The van der Waals surface area contributed by atoms with Gasteiger partial charge in [0.1, 0.15) is 5.65 Å². The van der Waals surface area contributed by atoms with Gasteiger partial charge in [0.2, 0.25) is 0 Å². The van der Waals surface area contributed by atoms with E-state index >= 15 is 0 Å². The number of pyridine rings is 1. The first-order chi connectivity index (χ1) is 16.8. The van der Waals surface area contributed by atoms with Crippen molar-refractivity contribution in [3.63, 3.8) is 0 Å². The van der Waals surface area contributed by atoms with Crippen LogP contribution in [0.3, 0.4) is 0 Å². The van der Waals surface area contributed by atoms with Crippen molar-refractivity contribution in [1.29, 1.82) is 0 Å². The first-order valence-corrected chi connectivity index (χ1v) is 13.3. The van der Waals surface area contributed by atoms with E-state index in [9.17, 15) is 9.90 Å². The van der Waals surface area contributed by atoms with E-state index in [1.165, 1.54) is 11.6 Å². The molecule has 4 rings (SSSR count). The zero-order valence-corrected chi connectivity index (χ0v) is 25.2. The molecule has 195 valence electrons. The maximum absolute atomic E-state index is 11.7. The molecule has 3 aromatic heterocycles. The van der Waals surface area contributed by atoms with Gasteiger partial charge in [-0.1, -0.05) is 53.1 Å². The third kappa shape index (κ3) is 6.90. The van der Waals surface area contributed by atoms with Gasteiger partial charge in [-0.3, -0.25) is 4.79 Å². The van der Waals surface area contributed by atoms with Crippen LogP contribution in [0.5, 0.6) is 0 Å². The number of nitrogens with zero attached hydrogens (tertiary/aromatic N) is 3. The van der Waals surface area contributed by atoms with E-state index in [4.69, 9.17) is 4.98 Å². The Labute approximate surface area is 232 Å². The average Bonchev–Trinajstić information content (AvgIpc) is 3.42. The van der Waals surface area contributed by atoms with Crippen molar-refractivity contribution in [1.82, 2.24) is 13.8 Å². The number of hydrogen-bond donors (Lipinski definition) is 1. The van der Waals surface area contributed by atoms with Gasteiger partial charge in [-0.2, -0.15) is 0 Å². The molecule has 0 atom stereocenters. The van der Waals surface area contributed by atoms with Crippen molar-refractivity contribution in [2.45, 2.75) is 67.2 Å². The van der Waals surface area contributed by atoms with Crippen molar-refractivity contribution in [3.8, 4) is 11.3 Å². The van der Waals surface area contributed by atoms with Gasteiger partial charge in [-0.25, -0.2) is 8.77 Å². The van der Waals surface area contributed by atoms with Gasteiger partial charge in [0, 0.05) is 55.3 Å². The smallest absolute Gasteiger partial charge is 0.162 e. The second kappa shape index (κ2) is 13.8. The molecule has 1 radical (unpaired) electrons. The summed E-state index contributed by atoms with van der Waals surface area (Å²) in [5.41, 5.74) is 7.29. The summed E-state index contributed by atoms with van der Waals surface area (Å²) in [6.45, 7) is 12.2. The molecule has 1 aromatic carbocycles. The van der Waals surface area contributed by atoms with Crippen LogP contribution in [0.1, 0.15) is 64.5 Å². The molecule has 0 bridgehead atoms. The quantitative estimate of drug-likeness (QED) is 0.117. The number of benzene rings is 1. The van der Waals surface area contributed by atoms with Crippen LogP contribution in [-0.2, 0) is 24.9 Å². The molecule has 0 amide bonds. The third-order valence-corrected chi connectivity index (χ3v) is 7.28. The molecule has 0 aliphatic rings. The maximum Gasteiger partial charge on any atom is 0.162 e. The Morgan fingerprint density at radius 3 is 2.36 bits per heavy atom. The Morgan fingerprint density at radius 2 is 1.75 bits per heavy atom. The predicted octanol–water partition coefficient (Wildman–Crippen LogP) is 7.90. The van der Waals surface area contributed by atoms with Crippen LogP contribution in [0.2, 0.25) is 0 Å². The number of hydrogen-bond acceptors (Lipinski definition) is 5. The average molecular weight is 683 g/mol. The van der Waals surface area contributed by atoms with Crippen LogP contribution >= 0.6 is 11.5 Å². The third-order valence-electron chi connectivity index (χ3n) is 6.42. The minimum atomic E-state index is 0. The topological polar surface area (TPSA) is 67.5 Å². The van der Waals surface area contributed by atoms with E-state index in [-0.39, 0.29) is 43.5 Å². The van der Waals surface area contributed by atoms with Crippen molar-refractivity contribution in [2.75, 3.05) is 0 Å². The van der Waals surface area contributed by atoms with Gasteiger partial charge in [-0.05, 0) is 37.8 Å². The van der Waals surface area contributed by atoms with E-state index < -0.39 is 0 Å². The first-order valence-electron chi connectivity index (χ1n) is 12.5. The number of fused-ring (bicyclic) bond motifs is 3. The zero-order chi connectivity index (χ0) is 25.5. The predicted molar refractivity (Wildman–Crippen MR) is 146 cm³/mol. The maximum atomic E-state index is 11.7. The van der Waals surface area contributed by atoms with Gasteiger partial charge < -0.3 is 10.1 Å². The minimum absolute atomic E-state index is 0. The summed E-state index contributed by atoms with van der Waals surface area (Å²) < 4.78 is 2.13.